The first-order chi connectivity index (χ1) is 18.6. The van der Waals surface area contributed by atoms with Gasteiger partial charge in [0.25, 0.3) is 5.91 Å². The largest absolute Gasteiger partial charge is 0.493 e. The first kappa shape index (κ1) is 23.5. The van der Waals surface area contributed by atoms with Crippen molar-refractivity contribution in [1.82, 2.24) is 19.3 Å². The Bertz CT molecular complexity index is 1640. The molecule has 1 amide bonds. The number of nitrogens with zero attached hydrogens (tertiary/aromatic N) is 4. The van der Waals surface area contributed by atoms with Crippen LogP contribution in [0.5, 0.6) is 11.5 Å². The Labute approximate surface area is 220 Å². The van der Waals surface area contributed by atoms with Crippen LogP contribution in [0.3, 0.4) is 0 Å². The number of ether oxygens (including phenoxy) is 2. The monoisotopic (exact) mass is 505 g/mol. The lowest BCUT2D eigenvalue weighted by Crippen LogP contribution is -2.35. The number of benzene rings is 3. The van der Waals surface area contributed by atoms with Gasteiger partial charge in [0.1, 0.15) is 0 Å². The zero-order valence-electron chi connectivity index (χ0n) is 21.2. The van der Waals surface area contributed by atoms with Gasteiger partial charge >= 0.3 is 0 Å². The minimum atomic E-state index is 0.0220. The molecule has 38 heavy (non-hydrogen) atoms. The Morgan fingerprint density at radius 3 is 2.63 bits per heavy atom. The van der Waals surface area contributed by atoms with Gasteiger partial charge in [0.05, 0.1) is 19.9 Å². The predicted molar refractivity (Wildman–Crippen MR) is 146 cm³/mol. The van der Waals surface area contributed by atoms with Gasteiger partial charge in [-0.2, -0.15) is 0 Å². The van der Waals surface area contributed by atoms with Crippen LogP contribution < -0.4 is 14.8 Å². The van der Waals surface area contributed by atoms with Crippen molar-refractivity contribution in [3.8, 4) is 22.8 Å². The van der Waals surface area contributed by atoms with E-state index >= 15 is 0 Å². The number of carbonyl (C=O) groups is 1. The lowest BCUT2D eigenvalue weighted by atomic mass is 9.99. The van der Waals surface area contributed by atoms with Gasteiger partial charge in [-0.15, -0.1) is 0 Å². The Hall–Kier alpha value is -4.85. The first-order valence-electron chi connectivity index (χ1n) is 12.4. The van der Waals surface area contributed by atoms with Crippen molar-refractivity contribution in [2.75, 3.05) is 26.1 Å². The molecule has 1 aliphatic heterocycles. The van der Waals surface area contributed by atoms with E-state index in [9.17, 15) is 4.79 Å². The van der Waals surface area contributed by atoms with Gasteiger partial charge in [-0.1, -0.05) is 36.4 Å². The molecule has 0 atom stereocenters. The van der Waals surface area contributed by atoms with E-state index in [2.05, 4.69) is 28.5 Å². The van der Waals surface area contributed by atoms with Crippen molar-refractivity contribution < 1.29 is 14.3 Å². The standard InChI is InChI=1S/C30H27N5O3/c1-37-26-11-10-24(17-27(26)38-2)32-28-29-31-13-15-34(29)19-25(33-28)21-8-5-9-22(16-21)30(36)35-14-12-20-6-3-4-7-23(20)18-35/h3-11,13,15-17,19H,12,14,18H2,1-2H3,(H,32,33). The summed E-state index contributed by atoms with van der Waals surface area (Å²) in [5.41, 5.74) is 6.20. The number of fused-ring (bicyclic) bond motifs is 2. The van der Waals surface area contributed by atoms with Crippen LogP contribution in [0.1, 0.15) is 21.5 Å². The Kier molecular flexibility index (Phi) is 6.13. The van der Waals surface area contributed by atoms with Crippen molar-refractivity contribution in [3.63, 3.8) is 0 Å². The SMILES string of the molecule is COc1ccc(Nc2nc(-c3cccc(C(=O)N4CCc5ccccc5C4)c3)cn3ccnc23)cc1OC. The maximum atomic E-state index is 13.4. The van der Waals surface area contributed by atoms with Gasteiger partial charge in [0.15, 0.2) is 23.0 Å². The minimum absolute atomic E-state index is 0.0220. The average molecular weight is 506 g/mol. The Morgan fingerprint density at radius 2 is 1.79 bits per heavy atom. The number of hydrogen-bond donors (Lipinski definition) is 1. The summed E-state index contributed by atoms with van der Waals surface area (Å²) in [4.78, 5) is 24.7. The van der Waals surface area contributed by atoms with Gasteiger partial charge in [-0.25, -0.2) is 9.97 Å². The van der Waals surface area contributed by atoms with Crippen molar-refractivity contribution in [2.45, 2.75) is 13.0 Å². The predicted octanol–water partition coefficient (Wildman–Crippen LogP) is 5.36. The molecule has 0 spiro atoms. The molecule has 8 heteroatoms. The van der Waals surface area contributed by atoms with Crippen LogP contribution in [-0.4, -0.2) is 45.9 Å². The van der Waals surface area contributed by atoms with Crippen LogP contribution in [0, 0.1) is 0 Å². The third kappa shape index (κ3) is 4.41. The number of aromatic nitrogens is 3. The fourth-order valence-electron chi connectivity index (χ4n) is 4.87. The molecule has 0 unspecified atom stereocenters. The molecule has 3 heterocycles. The normalized spacial score (nSPS) is 12.7. The molecule has 6 rings (SSSR count). The molecular formula is C30H27N5O3. The highest BCUT2D eigenvalue weighted by atomic mass is 16.5. The fourth-order valence-corrected chi connectivity index (χ4v) is 4.87. The van der Waals surface area contributed by atoms with Gasteiger partial charge < -0.3 is 24.1 Å². The second kappa shape index (κ2) is 9.89. The van der Waals surface area contributed by atoms with E-state index in [1.165, 1.54) is 11.1 Å². The molecule has 0 saturated carbocycles. The van der Waals surface area contributed by atoms with Gasteiger partial charge in [-0.3, -0.25) is 4.79 Å². The van der Waals surface area contributed by atoms with Crippen molar-refractivity contribution in [1.29, 1.82) is 0 Å². The molecule has 3 aromatic carbocycles. The van der Waals surface area contributed by atoms with Crippen LogP contribution in [0.4, 0.5) is 11.5 Å². The third-order valence-corrected chi connectivity index (χ3v) is 6.84. The Balaban J connectivity index is 1.31. The molecule has 0 bridgehead atoms. The summed E-state index contributed by atoms with van der Waals surface area (Å²) < 4.78 is 12.7. The van der Waals surface area contributed by atoms with E-state index in [-0.39, 0.29) is 5.91 Å². The number of anilines is 2. The summed E-state index contributed by atoms with van der Waals surface area (Å²) in [5, 5.41) is 3.36. The summed E-state index contributed by atoms with van der Waals surface area (Å²) >= 11 is 0. The highest BCUT2D eigenvalue weighted by Crippen LogP contribution is 2.32. The number of amides is 1. The van der Waals surface area contributed by atoms with Crippen molar-refractivity contribution >= 4 is 23.1 Å². The zero-order chi connectivity index (χ0) is 26.1. The van der Waals surface area contributed by atoms with E-state index in [1.54, 1.807) is 20.4 Å². The van der Waals surface area contributed by atoms with Gasteiger partial charge in [0, 0.05) is 54.6 Å². The van der Waals surface area contributed by atoms with Crippen LogP contribution >= 0.6 is 0 Å². The lowest BCUT2D eigenvalue weighted by molar-refractivity contribution is 0.0734. The first-order valence-corrected chi connectivity index (χ1v) is 12.4. The molecule has 0 saturated heterocycles. The van der Waals surface area contributed by atoms with E-state index in [0.29, 0.717) is 41.6 Å². The second-order valence-electron chi connectivity index (χ2n) is 9.15. The molecule has 1 N–H and O–H groups in total. The number of carbonyl (C=O) groups excluding carboxylic acids is 1. The summed E-state index contributed by atoms with van der Waals surface area (Å²) in [7, 11) is 3.21. The maximum absolute atomic E-state index is 13.4. The van der Waals surface area contributed by atoms with Crippen LogP contribution in [-0.2, 0) is 13.0 Å². The summed E-state index contributed by atoms with van der Waals surface area (Å²) in [6.07, 6.45) is 6.39. The quantitative estimate of drug-likeness (QED) is 0.335. The number of methoxy groups -OCH3 is 2. The van der Waals surface area contributed by atoms with Crippen molar-refractivity contribution in [2.24, 2.45) is 0 Å². The topological polar surface area (TPSA) is 81.0 Å². The highest BCUT2D eigenvalue weighted by Gasteiger charge is 2.22. The number of rotatable bonds is 6. The minimum Gasteiger partial charge on any atom is -0.493 e. The summed E-state index contributed by atoms with van der Waals surface area (Å²) in [6.45, 7) is 1.33. The average Bonchev–Trinajstić information content (AvgIpc) is 3.46. The van der Waals surface area contributed by atoms with E-state index in [4.69, 9.17) is 14.5 Å². The molecule has 190 valence electrons. The maximum Gasteiger partial charge on any atom is 0.254 e. The lowest BCUT2D eigenvalue weighted by Gasteiger charge is -2.29. The van der Waals surface area contributed by atoms with Crippen LogP contribution in [0.25, 0.3) is 16.9 Å². The van der Waals surface area contributed by atoms with Gasteiger partial charge in [-0.05, 0) is 41.8 Å². The van der Waals surface area contributed by atoms with Crippen molar-refractivity contribution in [3.05, 3.63) is 102 Å². The number of nitrogens with one attached hydrogen (secondary N) is 1. The van der Waals surface area contributed by atoms with E-state index in [0.717, 1.165) is 23.4 Å². The molecule has 8 nitrogen and oxygen atoms in total. The molecule has 0 aliphatic carbocycles. The van der Waals surface area contributed by atoms with Crippen LogP contribution in [0.15, 0.2) is 85.3 Å². The molecule has 0 radical (unpaired) electrons. The molecule has 1 aliphatic rings. The van der Waals surface area contributed by atoms with Gasteiger partial charge in [0.2, 0.25) is 0 Å². The third-order valence-electron chi connectivity index (χ3n) is 6.84. The highest BCUT2D eigenvalue weighted by molar-refractivity contribution is 5.95. The van der Waals surface area contributed by atoms with E-state index < -0.39 is 0 Å². The summed E-state index contributed by atoms with van der Waals surface area (Å²) in [6, 6.07) is 21.5. The molecule has 5 aromatic rings. The molecule has 0 fully saturated rings. The Morgan fingerprint density at radius 1 is 0.947 bits per heavy atom. The number of hydrogen-bond acceptors (Lipinski definition) is 6. The smallest absolute Gasteiger partial charge is 0.254 e. The molecular weight excluding hydrogens is 478 g/mol. The fraction of sp³-hybridized carbons (Fsp3) is 0.167. The van der Waals surface area contributed by atoms with Crippen LogP contribution in [0.2, 0.25) is 0 Å². The number of imidazole rings is 1. The zero-order valence-corrected chi connectivity index (χ0v) is 21.2. The summed E-state index contributed by atoms with van der Waals surface area (Å²) in [5.74, 6) is 1.86. The molecule has 2 aromatic heterocycles. The second-order valence-corrected chi connectivity index (χ2v) is 9.15. The van der Waals surface area contributed by atoms with E-state index in [1.807, 2.05) is 70.2 Å².